The SMILES string of the molecule is COCCCOCC(=O)Nc1c(Cl)cc(N)cc1Cl. The Hall–Kier alpha value is -1.01. The van der Waals surface area contributed by atoms with Crippen molar-refractivity contribution in [1.82, 2.24) is 0 Å². The summed E-state index contributed by atoms with van der Waals surface area (Å²) < 4.78 is 10.0. The van der Waals surface area contributed by atoms with Crippen molar-refractivity contribution in [2.24, 2.45) is 0 Å². The van der Waals surface area contributed by atoms with Gasteiger partial charge in [0.2, 0.25) is 5.91 Å². The Bertz CT molecular complexity index is 418. The maximum atomic E-state index is 11.6. The van der Waals surface area contributed by atoms with Gasteiger partial charge in [-0.25, -0.2) is 0 Å². The smallest absolute Gasteiger partial charge is 0.250 e. The molecule has 0 heterocycles. The number of nitrogens with one attached hydrogen (secondary N) is 1. The Labute approximate surface area is 122 Å². The fourth-order valence-corrected chi connectivity index (χ4v) is 1.96. The van der Waals surface area contributed by atoms with Gasteiger partial charge in [0.1, 0.15) is 6.61 Å². The Kier molecular flexibility index (Phi) is 6.94. The second-order valence-corrected chi connectivity index (χ2v) is 4.62. The normalized spacial score (nSPS) is 10.5. The van der Waals surface area contributed by atoms with Crippen LogP contribution in [0, 0.1) is 0 Å². The molecule has 0 atom stereocenters. The van der Waals surface area contributed by atoms with Gasteiger partial charge < -0.3 is 20.5 Å². The molecule has 106 valence electrons. The van der Waals surface area contributed by atoms with Gasteiger partial charge in [-0.3, -0.25) is 4.79 Å². The van der Waals surface area contributed by atoms with Crippen LogP contribution in [0.15, 0.2) is 12.1 Å². The van der Waals surface area contributed by atoms with Crippen LogP contribution in [0.3, 0.4) is 0 Å². The third kappa shape index (κ3) is 5.65. The monoisotopic (exact) mass is 306 g/mol. The van der Waals surface area contributed by atoms with Crippen LogP contribution in [0.5, 0.6) is 0 Å². The van der Waals surface area contributed by atoms with E-state index in [1.54, 1.807) is 7.11 Å². The van der Waals surface area contributed by atoms with Crippen LogP contribution in [0.4, 0.5) is 11.4 Å². The summed E-state index contributed by atoms with van der Waals surface area (Å²) in [6, 6.07) is 3.03. The topological polar surface area (TPSA) is 73.6 Å². The summed E-state index contributed by atoms with van der Waals surface area (Å²) >= 11 is 11.9. The first-order chi connectivity index (χ1) is 9.04. The van der Waals surface area contributed by atoms with Gasteiger partial charge in [-0.15, -0.1) is 0 Å². The lowest BCUT2D eigenvalue weighted by molar-refractivity contribution is -0.120. The lowest BCUT2D eigenvalue weighted by Gasteiger charge is -2.10. The summed E-state index contributed by atoms with van der Waals surface area (Å²) in [7, 11) is 1.61. The van der Waals surface area contributed by atoms with Crippen LogP contribution >= 0.6 is 23.2 Å². The molecule has 19 heavy (non-hydrogen) atoms. The molecule has 1 rings (SSSR count). The molecule has 7 heteroatoms. The zero-order valence-corrected chi connectivity index (χ0v) is 12.1. The summed E-state index contributed by atoms with van der Waals surface area (Å²) in [5.74, 6) is -0.328. The number of anilines is 2. The molecule has 0 radical (unpaired) electrons. The minimum atomic E-state index is -0.328. The number of hydrogen-bond acceptors (Lipinski definition) is 4. The van der Waals surface area contributed by atoms with Crippen LogP contribution in [0.25, 0.3) is 0 Å². The number of methoxy groups -OCH3 is 1. The first-order valence-electron chi connectivity index (χ1n) is 5.65. The van der Waals surface area contributed by atoms with Crippen molar-refractivity contribution in [3.8, 4) is 0 Å². The third-order valence-electron chi connectivity index (χ3n) is 2.20. The van der Waals surface area contributed by atoms with Crippen LogP contribution in [-0.4, -0.2) is 32.8 Å². The Morgan fingerprint density at radius 2 is 1.95 bits per heavy atom. The highest BCUT2D eigenvalue weighted by atomic mass is 35.5. The van der Waals surface area contributed by atoms with Gasteiger partial charge in [-0.1, -0.05) is 23.2 Å². The Balaban J connectivity index is 2.44. The van der Waals surface area contributed by atoms with E-state index in [2.05, 4.69) is 5.32 Å². The van der Waals surface area contributed by atoms with Gasteiger partial charge in [0.25, 0.3) is 0 Å². The molecule has 0 aliphatic carbocycles. The van der Waals surface area contributed by atoms with Crippen molar-refractivity contribution in [3.63, 3.8) is 0 Å². The van der Waals surface area contributed by atoms with Crippen molar-refractivity contribution in [2.75, 3.05) is 38.0 Å². The van der Waals surface area contributed by atoms with Gasteiger partial charge in [0.05, 0.1) is 15.7 Å². The molecule has 5 nitrogen and oxygen atoms in total. The Morgan fingerprint density at radius 3 is 2.53 bits per heavy atom. The van der Waals surface area contributed by atoms with E-state index in [9.17, 15) is 4.79 Å². The molecule has 1 aromatic carbocycles. The highest BCUT2D eigenvalue weighted by molar-refractivity contribution is 6.40. The lowest BCUT2D eigenvalue weighted by atomic mass is 10.3. The number of rotatable bonds is 7. The molecule has 0 bridgehead atoms. The van der Waals surface area contributed by atoms with E-state index in [4.69, 9.17) is 38.4 Å². The number of halogens is 2. The zero-order valence-electron chi connectivity index (χ0n) is 10.5. The van der Waals surface area contributed by atoms with Crippen LogP contribution in [0.1, 0.15) is 6.42 Å². The van der Waals surface area contributed by atoms with E-state index in [0.29, 0.717) is 24.6 Å². The van der Waals surface area contributed by atoms with E-state index < -0.39 is 0 Å². The summed E-state index contributed by atoms with van der Waals surface area (Å²) in [4.78, 5) is 11.6. The van der Waals surface area contributed by atoms with E-state index in [1.165, 1.54) is 12.1 Å². The number of benzene rings is 1. The highest BCUT2D eigenvalue weighted by Crippen LogP contribution is 2.32. The fourth-order valence-electron chi connectivity index (χ4n) is 1.36. The van der Waals surface area contributed by atoms with Crippen molar-refractivity contribution < 1.29 is 14.3 Å². The highest BCUT2D eigenvalue weighted by Gasteiger charge is 2.11. The predicted molar refractivity (Wildman–Crippen MR) is 76.8 cm³/mol. The van der Waals surface area contributed by atoms with Gasteiger partial charge in [-0.05, 0) is 18.6 Å². The first kappa shape index (κ1) is 16.0. The molecule has 0 aliphatic rings. The molecule has 0 saturated heterocycles. The maximum Gasteiger partial charge on any atom is 0.250 e. The average Bonchev–Trinajstić information content (AvgIpc) is 2.33. The van der Waals surface area contributed by atoms with Gasteiger partial charge in [0.15, 0.2) is 0 Å². The summed E-state index contributed by atoms with van der Waals surface area (Å²) in [5.41, 5.74) is 6.34. The minimum absolute atomic E-state index is 0.0687. The molecule has 1 aromatic rings. The molecule has 3 N–H and O–H groups in total. The first-order valence-corrected chi connectivity index (χ1v) is 6.41. The second-order valence-electron chi connectivity index (χ2n) is 3.81. The van der Waals surface area contributed by atoms with Crippen LogP contribution < -0.4 is 11.1 Å². The molecule has 0 aliphatic heterocycles. The zero-order chi connectivity index (χ0) is 14.3. The molecule has 0 aromatic heterocycles. The van der Waals surface area contributed by atoms with E-state index in [0.717, 1.165) is 6.42 Å². The molecule has 0 saturated carbocycles. The number of ether oxygens (including phenoxy) is 2. The van der Waals surface area contributed by atoms with Crippen molar-refractivity contribution in [2.45, 2.75) is 6.42 Å². The second kappa shape index (κ2) is 8.22. The number of nitrogen functional groups attached to an aromatic ring is 1. The van der Waals surface area contributed by atoms with Crippen molar-refractivity contribution in [3.05, 3.63) is 22.2 Å². The van der Waals surface area contributed by atoms with Crippen LogP contribution in [-0.2, 0) is 14.3 Å². The number of nitrogens with two attached hydrogens (primary N) is 1. The van der Waals surface area contributed by atoms with Gasteiger partial charge >= 0.3 is 0 Å². The predicted octanol–water partition coefficient (Wildman–Crippen LogP) is 2.57. The number of carbonyl (C=O) groups is 1. The fraction of sp³-hybridized carbons (Fsp3) is 0.417. The summed E-state index contributed by atoms with van der Waals surface area (Å²) in [5, 5.41) is 3.16. The largest absolute Gasteiger partial charge is 0.399 e. The molecular formula is C12H16Cl2N2O3. The minimum Gasteiger partial charge on any atom is -0.399 e. The van der Waals surface area contributed by atoms with Crippen molar-refractivity contribution >= 4 is 40.5 Å². The lowest BCUT2D eigenvalue weighted by Crippen LogP contribution is -2.19. The Morgan fingerprint density at radius 1 is 1.32 bits per heavy atom. The number of carbonyl (C=O) groups excluding carboxylic acids is 1. The third-order valence-corrected chi connectivity index (χ3v) is 2.80. The number of hydrogen-bond donors (Lipinski definition) is 2. The maximum absolute atomic E-state index is 11.6. The standard InChI is InChI=1S/C12H16Cl2N2O3/c1-18-3-2-4-19-7-11(17)16-12-9(13)5-8(15)6-10(12)14/h5-6H,2-4,7,15H2,1H3,(H,16,17). The van der Waals surface area contributed by atoms with E-state index in [1.807, 2.05) is 0 Å². The van der Waals surface area contributed by atoms with E-state index in [-0.39, 0.29) is 22.6 Å². The summed E-state index contributed by atoms with van der Waals surface area (Å²) in [6.45, 7) is 0.975. The number of amides is 1. The van der Waals surface area contributed by atoms with Gasteiger partial charge in [-0.2, -0.15) is 0 Å². The van der Waals surface area contributed by atoms with E-state index >= 15 is 0 Å². The van der Waals surface area contributed by atoms with Crippen molar-refractivity contribution in [1.29, 1.82) is 0 Å². The molecule has 0 spiro atoms. The molecular weight excluding hydrogens is 291 g/mol. The summed E-state index contributed by atoms with van der Waals surface area (Å²) in [6.07, 6.45) is 0.729. The van der Waals surface area contributed by atoms with Crippen LogP contribution in [0.2, 0.25) is 10.0 Å². The molecule has 0 fully saturated rings. The average molecular weight is 307 g/mol. The molecule has 0 unspecified atom stereocenters. The van der Waals surface area contributed by atoms with Gasteiger partial charge in [0, 0.05) is 26.0 Å². The molecule has 1 amide bonds. The quantitative estimate of drug-likeness (QED) is 0.600.